The van der Waals surface area contributed by atoms with Gasteiger partial charge in [0.25, 0.3) is 0 Å². The Morgan fingerprint density at radius 2 is 1.82 bits per heavy atom. The summed E-state index contributed by atoms with van der Waals surface area (Å²) in [4.78, 5) is 10.5. The number of hydrogen-bond acceptors (Lipinski definition) is 2. The van der Waals surface area contributed by atoms with Crippen molar-refractivity contribution in [3.05, 3.63) is 58.0 Å². The van der Waals surface area contributed by atoms with Crippen LogP contribution in [0.3, 0.4) is 0 Å². The fourth-order valence-electron chi connectivity index (χ4n) is 1.94. The fourth-order valence-corrected chi connectivity index (χ4v) is 1.94. The van der Waals surface area contributed by atoms with Gasteiger partial charge in [-0.05, 0) is 55.2 Å². The summed E-state index contributed by atoms with van der Waals surface area (Å²) in [6, 6.07) is 7.82. The average Bonchev–Trinajstić information content (AvgIpc) is 2.78. The maximum absolute atomic E-state index is 10.5. The van der Waals surface area contributed by atoms with Gasteiger partial charge in [-0.25, -0.2) is 0 Å². The molecule has 2 aromatic rings. The SMILES string of the molecule is Cc1ccc(Cc2ccc(C=O)o2)c(C)c1C. The van der Waals surface area contributed by atoms with Gasteiger partial charge >= 0.3 is 0 Å². The minimum Gasteiger partial charge on any atom is -0.458 e. The number of carbonyl (C=O) groups excluding carboxylic acids is 1. The van der Waals surface area contributed by atoms with Gasteiger partial charge in [-0.1, -0.05) is 12.1 Å². The molecule has 2 nitrogen and oxygen atoms in total. The Balaban J connectivity index is 2.30. The molecule has 17 heavy (non-hydrogen) atoms. The van der Waals surface area contributed by atoms with Crippen molar-refractivity contribution in [3.63, 3.8) is 0 Å². The van der Waals surface area contributed by atoms with Crippen LogP contribution in [0.4, 0.5) is 0 Å². The number of benzene rings is 1. The minimum atomic E-state index is 0.390. The topological polar surface area (TPSA) is 30.2 Å². The molecule has 1 aromatic carbocycles. The van der Waals surface area contributed by atoms with E-state index in [0.717, 1.165) is 18.5 Å². The molecule has 1 aromatic heterocycles. The van der Waals surface area contributed by atoms with Crippen molar-refractivity contribution in [3.8, 4) is 0 Å². The molecule has 0 bridgehead atoms. The second-order valence-corrected chi connectivity index (χ2v) is 4.39. The second kappa shape index (κ2) is 4.58. The number of hydrogen-bond donors (Lipinski definition) is 0. The van der Waals surface area contributed by atoms with E-state index in [4.69, 9.17) is 4.42 Å². The first-order chi connectivity index (χ1) is 8.11. The lowest BCUT2D eigenvalue weighted by atomic mass is 9.96. The maximum Gasteiger partial charge on any atom is 0.185 e. The van der Waals surface area contributed by atoms with Crippen molar-refractivity contribution >= 4 is 6.29 Å². The molecule has 0 saturated carbocycles. The Bertz CT molecular complexity index is 550. The first kappa shape index (κ1) is 11.6. The highest BCUT2D eigenvalue weighted by Crippen LogP contribution is 2.20. The minimum absolute atomic E-state index is 0.390. The van der Waals surface area contributed by atoms with Gasteiger partial charge in [-0.3, -0.25) is 4.79 Å². The molecule has 0 aliphatic heterocycles. The molecule has 0 atom stereocenters. The van der Waals surface area contributed by atoms with E-state index < -0.39 is 0 Å². The average molecular weight is 228 g/mol. The van der Waals surface area contributed by atoms with Crippen LogP contribution in [0, 0.1) is 20.8 Å². The number of furan rings is 1. The molecule has 0 unspecified atom stereocenters. The summed E-state index contributed by atoms with van der Waals surface area (Å²) in [5, 5.41) is 0. The van der Waals surface area contributed by atoms with Crippen LogP contribution >= 0.6 is 0 Å². The Kier molecular flexibility index (Phi) is 3.14. The van der Waals surface area contributed by atoms with E-state index in [1.54, 1.807) is 6.07 Å². The molecule has 0 N–H and O–H groups in total. The molecule has 1 heterocycles. The van der Waals surface area contributed by atoms with E-state index in [9.17, 15) is 4.79 Å². The smallest absolute Gasteiger partial charge is 0.185 e. The van der Waals surface area contributed by atoms with Crippen LogP contribution in [0.1, 0.15) is 38.6 Å². The summed E-state index contributed by atoms with van der Waals surface area (Å²) < 4.78 is 5.39. The van der Waals surface area contributed by atoms with E-state index in [-0.39, 0.29) is 0 Å². The van der Waals surface area contributed by atoms with Crippen LogP contribution in [-0.4, -0.2) is 6.29 Å². The predicted octanol–water partition coefficient (Wildman–Crippen LogP) is 3.61. The van der Waals surface area contributed by atoms with Crippen molar-refractivity contribution in [1.29, 1.82) is 0 Å². The summed E-state index contributed by atoms with van der Waals surface area (Å²) >= 11 is 0. The molecular formula is C15H16O2. The van der Waals surface area contributed by atoms with Gasteiger partial charge in [-0.2, -0.15) is 0 Å². The molecule has 2 rings (SSSR count). The number of aryl methyl sites for hydroxylation is 1. The van der Waals surface area contributed by atoms with Crippen LogP contribution in [-0.2, 0) is 6.42 Å². The van der Waals surface area contributed by atoms with E-state index in [1.165, 1.54) is 22.3 Å². The van der Waals surface area contributed by atoms with Crippen LogP contribution in [0.5, 0.6) is 0 Å². The number of carbonyl (C=O) groups is 1. The van der Waals surface area contributed by atoms with Crippen molar-refractivity contribution in [1.82, 2.24) is 0 Å². The molecule has 2 heteroatoms. The first-order valence-electron chi connectivity index (χ1n) is 5.71. The van der Waals surface area contributed by atoms with E-state index in [2.05, 4.69) is 32.9 Å². The van der Waals surface area contributed by atoms with Crippen LogP contribution < -0.4 is 0 Å². The molecule has 0 saturated heterocycles. The zero-order valence-electron chi connectivity index (χ0n) is 10.4. The summed E-state index contributed by atoms with van der Waals surface area (Å²) in [7, 11) is 0. The van der Waals surface area contributed by atoms with Gasteiger partial charge in [0.1, 0.15) is 5.76 Å². The second-order valence-electron chi connectivity index (χ2n) is 4.39. The molecule has 88 valence electrons. The maximum atomic E-state index is 10.5. The first-order valence-corrected chi connectivity index (χ1v) is 5.71. The third-order valence-electron chi connectivity index (χ3n) is 3.33. The quantitative estimate of drug-likeness (QED) is 0.751. The van der Waals surface area contributed by atoms with Crippen LogP contribution in [0.2, 0.25) is 0 Å². The van der Waals surface area contributed by atoms with E-state index >= 15 is 0 Å². The summed E-state index contributed by atoms with van der Waals surface area (Å²) in [5.74, 6) is 1.22. The lowest BCUT2D eigenvalue weighted by molar-refractivity contribution is 0.109. The number of aldehydes is 1. The van der Waals surface area contributed by atoms with Gasteiger partial charge in [-0.15, -0.1) is 0 Å². The van der Waals surface area contributed by atoms with Gasteiger partial charge in [0.2, 0.25) is 0 Å². The molecule has 0 spiro atoms. The van der Waals surface area contributed by atoms with Crippen molar-refractivity contribution in [2.24, 2.45) is 0 Å². The standard InChI is InChI=1S/C15H16O2/c1-10-4-5-13(12(3)11(10)2)8-14-6-7-15(9-16)17-14/h4-7,9H,8H2,1-3H3. The Labute approximate surface area is 101 Å². The third-order valence-corrected chi connectivity index (χ3v) is 3.33. The highest BCUT2D eigenvalue weighted by atomic mass is 16.3. The van der Waals surface area contributed by atoms with Crippen molar-refractivity contribution < 1.29 is 9.21 Å². The van der Waals surface area contributed by atoms with Crippen LogP contribution in [0.15, 0.2) is 28.7 Å². The van der Waals surface area contributed by atoms with E-state index in [0.29, 0.717) is 5.76 Å². The lowest BCUT2D eigenvalue weighted by Gasteiger charge is -2.09. The summed E-state index contributed by atoms with van der Waals surface area (Å²) in [6.07, 6.45) is 1.47. The monoisotopic (exact) mass is 228 g/mol. The van der Waals surface area contributed by atoms with E-state index in [1.807, 2.05) is 6.07 Å². The zero-order valence-corrected chi connectivity index (χ0v) is 10.4. The molecule has 0 aliphatic carbocycles. The highest BCUT2D eigenvalue weighted by Gasteiger charge is 2.07. The van der Waals surface area contributed by atoms with Gasteiger partial charge < -0.3 is 4.42 Å². The Morgan fingerprint density at radius 1 is 1.06 bits per heavy atom. The molecule has 0 amide bonds. The van der Waals surface area contributed by atoms with Gasteiger partial charge in [0.05, 0.1) is 0 Å². The number of rotatable bonds is 3. The summed E-state index contributed by atoms with van der Waals surface area (Å²) in [5.41, 5.74) is 5.18. The zero-order chi connectivity index (χ0) is 12.4. The largest absolute Gasteiger partial charge is 0.458 e. The molecule has 0 fully saturated rings. The third kappa shape index (κ3) is 2.31. The highest BCUT2D eigenvalue weighted by molar-refractivity contribution is 5.70. The molecular weight excluding hydrogens is 212 g/mol. The lowest BCUT2D eigenvalue weighted by Crippen LogP contribution is -1.95. The Hall–Kier alpha value is -1.83. The fraction of sp³-hybridized carbons (Fsp3) is 0.267. The predicted molar refractivity (Wildman–Crippen MR) is 67.6 cm³/mol. The normalized spacial score (nSPS) is 10.5. The molecule has 0 aliphatic rings. The van der Waals surface area contributed by atoms with Crippen molar-refractivity contribution in [2.45, 2.75) is 27.2 Å². The Morgan fingerprint density at radius 3 is 2.47 bits per heavy atom. The van der Waals surface area contributed by atoms with Gasteiger partial charge in [0.15, 0.2) is 12.0 Å². The van der Waals surface area contributed by atoms with Crippen LogP contribution in [0.25, 0.3) is 0 Å². The molecule has 0 radical (unpaired) electrons. The van der Waals surface area contributed by atoms with Crippen molar-refractivity contribution in [2.75, 3.05) is 0 Å². The van der Waals surface area contributed by atoms with Gasteiger partial charge in [0, 0.05) is 6.42 Å². The summed E-state index contributed by atoms with van der Waals surface area (Å²) in [6.45, 7) is 6.37.